The Hall–Kier alpha value is -1.07. The Labute approximate surface area is 124 Å². The molecule has 0 aromatic heterocycles. The van der Waals surface area contributed by atoms with Crippen LogP contribution in [0.4, 0.5) is 5.69 Å². The molecular weight excluding hydrogens is 361 g/mol. The summed E-state index contributed by atoms with van der Waals surface area (Å²) in [5.41, 5.74) is 2.34. The van der Waals surface area contributed by atoms with Crippen molar-refractivity contribution in [2.45, 2.75) is 6.92 Å². The number of halogens is 2. The lowest BCUT2D eigenvalue weighted by atomic mass is 10.2. The summed E-state index contributed by atoms with van der Waals surface area (Å²) in [5.74, 6) is -0.147. The highest BCUT2D eigenvalue weighted by Crippen LogP contribution is 2.23. The average Bonchev–Trinajstić information content (AvgIpc) is 2.33. The van der Waals surface area contributed by atoms with Crippen LogP contribution >= 0.6 is 34.2 Å². The predicted molar refractivity (Wildman–Crippen MR) is 83.3 cm³/mol. The maximum atomic E-state index is 12.1. The number of carbonyl (C=O) groups is 1. The molecule has 0 unspecified atom stereocenters. The number of aryl methyl sites for hydroxylation is 1. The first-order valence-electron chi connectivity index (χ1n) is 5.40. The van der Waals surface area contributed by atoms with E-state index in [0.29, 0.717) is 16.3 Å². The second-order valence-corrected chi connectivity index (χ2v) is 5.49. The van der Waals surface area contributed by atoms with Gasteiger partial charge in [-0.2, -0.15) is 0 Å². The molecule has 0 radical (unpaired) electrons. The van der Waals surface area contributed by atoms with E-state index in [1.54, 1.807) is 6.07 Å². The van der Waals surface area contributed by atoms with Crippen molar-refractivity contribution in [2.24, 2.45) is 0 Å². The fourth-order valence-electron chi connectivity index (χ4n) is 1.56. The number of anilines is 1. The highest BCUT2D eigenvalue weighted by Gasteiger charge is 2.10. The Morgan fingerprint density at radius 1 is 1.22 bits per heavy atom. The number of hydrogen-bond donors (Lipinski definition) is 1. The van der Waals surface area contributed by atoms with Crippen LogP contribution in [0.1, 0.15) is 15.9 Å². The van der Waals surface area contributed by atoms with E-state index in [-0.39, 0.29) is 5.91 Å². The Morgan fingerprint density at radius 3 is 2.61 bits per heavy atom. The molecule has 0 saturated carbocycles. The minimum absolute atomic E-state index is 0.147. The van der Waals surface area contributed by atoms with Crippen molar-refractivity contribution >= 4 is 45.8 Å². The van der Waals surface area contributed by atoms with Gasteiger partial charge in [-0.3, -0.25) is 4.79 Å². The monoisotopic (exact) mass is 371 g/mol. The number of nitrogens with one attached hydrogen (secondary N) is 1. The summed E-state index contributed by atoms with van der Waals surface area (Å²) in [6, 6.07) is 13.0. The van der Waals surface area contributed by atoms with Gasteiger partial charge in [0, 0.05) is 3.57 Å². The van der Waals surface area contributed by atoms with Crippen LogP contribution < -0.4 is 5.32 Å². The molecule has 18 heavy (non-hydrogen) atoms. The van der Waals surface area contributed by atoms with Gasteiger partial charge in [0.1, 0.15) is 0 Å². The van der Waals surface area contributed by atoms with Gasteiger partial charge >= 0.3 is 0 Å². The standard InChI is InChI=1S/C14H11ClINO/c1-9-6-7-13(11(15)8-9)17-14(18)10-4-2-3-5-12(10)16/h2-8H,1H3,(H,17,18). The van der Waals surface area contributed by atoms with Crippen LogP contribution in [0.3, 0.4) is 0 Å². The molecule has 0 heterocycles. The molecule has 0 atom stereocenters. The molecule has 2 aromatic carbocycles. The van der Waals surface area contributed by atoms with E-state index >= 15 is 0 Å². The first-order valence-corrected chi connectivity index (χ1v) is 6.85. The van der Waals surface area contributed by atoms with E-state index in [9.17, 15) is 4.79 Å². The molecule has 92 valence electrons. The van der Waals surface area contributed by atoms with Crippen LogP contribution in [-0.2, 0) is 0 Å². The van der Waals surface area contributed by atoms with Crippen molar-refractivity contribution < 1.29 is 4.79 Å². The maximum Gasteiger partial charge on any atom is 0.256 e. The van der Waals surface area contributed by atoms with E-state index < -0.39 is 0 Å². The first kappa shape index (κ1) is 13.4. The van der Waals surface area contributed by atoms with Gasteiger partial charge in [0.15, 0.2) is 0 Å². The van der Waals surface area contributed by atoms with Gasteiger partial charge in [0.05, 0.1) is 16.3 Å². The van der Waals surface area contributed by atoms with Crippen LogP contribution in [0.15, 0.2) is 42.5 Å². The zero-order chi connectivity index (χ0) is 13.1. The minimum Gasteiger partial charge on any atom is -0.321 e. The molecule has 0 spiro atoms. The quantitative estimate of drug-likeness (QED) is 0.774. The van der Waals surface area contributed by atoms with Crippen LogP contribution in [-0.4, -0.2) is 5.91 Å². The van der Waals surface area contributed by atoms with E-state index in [4.69, 9.17) is 11.6 Å². The number of rotatable bonds is 2. The molecule has 1 N–H and O–H groups in total. The van der Waals surface area contributed by atoms with Crippen molar-refractivity contribution in [3.8, 4) is 0 Å². The summed E-state index contributed by atoms with van der Waals surface area (Å²) >= 11 is 8.22. The summed E-state index contributed by atoms with van der Waals surface area (Å²) in [6.07, 6.45) is 0. The van der Waals surface area contributed by atoms with E-state index in [1.807, 2.05) is 43.3 Å². The molecule has 0 bridgehead atoms. The number of benzene rings is 2. The van der Waals surface area contributed by atoms with E-state index in [1.165, 1.54) is 0 Å². The second-order valence-electron chi connectivity index (χ2n) is 3.92. The third-order valence-electron chi connectivity index (χ3n) is 2.49. The molecule has 0 aliphatic heterocycles. The molecule has 0 aliphatic carbocycles. The van der Waals surface area contributed by atoms with Crippen molar-refractivity contribution in [1.29, 1.82) is 0 Å². The molecule has 0 fully saturated rings. The molecule has 2 nitrogen and oxygen atoms in total. The lowest BCUT2D eigenvalue weighted by molar-refractivity contribution is 0.102. The molecule has 0 aliphatic rings. The summed E-state index contributed by atoms with van der Waals surface area (Å²) in [4.78, 5) is 12.1. The first-order chi connectivity index (χ1) is 8.58. The number of amides is 1. The Balaban J connectivity index is 2.24. The molecule has 2 aromatic rings. The van der Waals surface area contributed by atoms with Crippen molar-refractivity contribution in [2.75, 3.05) is 5.32 Å². The van der Waals surface area contributed by atoms with Crippen LogP contribution in [0.2, 0.25) is 5.02 Å². The van der Waals surface area contributed by atoms with Gasteiger partial charge in [0.2, 0.25) is 0 Å². The van der Waals surface area contributed by atoms with Crippen molar-refractivity contribution in [1.82, 2.24) is 0 Å². The maximum absolute atomic E-state index is 12.1. The Kier molecular flexibility index (Phi) is 4.24. The average molecular weight is 372 g/mol. The zero-order valence-corrected chi connectivity index (χ0v) is 12.6. The van der Waals surface area contributed by atoms with Crippen LogP contribution in [0, 0.1) is 10.5 Å². The number of carbonyl (C=O) groups excluding carboxylic acids is 1. The Bertz CT molecular complexity index is 598. The lowest BCUT2D eigenvalue weighted by Gasteiger charge is -2.09. The van der Waals surface area contributed by atoms with E-state index in [0.717, 1.165) is 9.13 Å². The van der Waals surface area contributed by atoms with Gasteiger partial charge in [-0.15, -0.1) is 0 Å². The molecule has 4 heteroatoms. The third-order valence-corrected chi connectivity index (χ3v) is 3.74. The third kappa shape index (κ3) is 3.03. The fourth-order valence-corrected chi connectivity index (χ4v) is 2.47. The molecular formula is C14H11ClINO. The SMILES string of the molecule is Cc1ccc(NC(=O)c2ccccc2I)c(Cl)c1. The smallest absolute Gasteiger partial charge is 0.256 e. The highest BCUT2D eigenvalue weighted by atomic mass is 127. The van der Waals surface area contributed by atoms with Crippen molar-refractivity contribution in [3.05, 3.63) is 62.2 Å². The normalized spacial score (nSPS) is 10.2. The lowest BCUT2D eigenvalue weighted by Crippen LogP contribution is -2.13. The summed E-state index contributed by atoms with van der Waals surface area (Å²) in [5, 5.41) is 3.37. The fraction of sp³-hybridized carbons (Fsp3) is 0.0714. The summed E-state index contributed by atoms with van der Waals surface area (Å²) < 4.78 is 0.913. The van der Waals surface area contributed by atoms with E-state index in [2.05, 4.69) is 27.9 Å². The van der Waals surface area contributed by atoms with Crippen molar-refractivity contribution in [3.63, 3.8) is 0 Å². The zero-order valence-electron chi connectivity index (χ0n) is 9.71. The van der Waals surface area contributed by atoms with Gasteiger partial charge < -0.3 is 5.32 Å². The van der Waals surface area contributed by atoms with Gasteiger partial charge in [-0.25, -0.2) is 0 Å². The van der Waals surface area contributed by atoms with Gasteiger partial charge in [0.25, 0.3) is 5.91 Å². The molecule has 2 rings (SSSR count). The summed E-state index contributed by atoms with van der Waals surface area (Å²) in [6.45, 7) is 1.96. The molecule has 0 saturated heterocycles. The second kappa shape index (κ2) is 5.71. The van der Waals surface area contributed by atoms with Crippen LogP contribution in [0.25, 0.3) is 0 Å². The molecule has 1 amide bonds. The van der Waals surface area contributed by atoms with Gasteiger partial charge in [-0.05, 0) is 59.3 Å². The number of hydrogen-bond acceptors (Lipinski definition) is 1. The summed E-state index contributed by atoms with van der Waals surface area (Å²) in [7, 11) is 0. The predicted octanol–water partition coefficient (Wildman–Crippen LogP) is 4.51. The van der Waals surface area contributed by atoms with Gasteiger partial charge in [-0.1, -0.05) is 29.8 Å². The Morgan fingerprint density at radius 2 is 1.94 bits per heavy atom. The highest BCUT2D eigenvalue weighted by molar-refractivity contribution is 14.1. The van der Waals surface area contributed by atoms with Crippen LogP contribution in [0.5, 0.6) is 0 Å². The minimum atomic E-state index is -0.147. The topological polar surface area (TPSA) is 29.1 Å². The largest absolute Gasteiger partial charge is 0.321 e.